The van der Waals surface area contributed by atoms with Crippen molar-refractivity contribution in [1.29, 1.82) is 0 Å². The van der Waals surface area contributed by atoms with Gasteiger partial charge in [0, 0.05) is 0 Å². The molecule has 0 saturated heterocycles. The monoisotopic (exact) mass is 415 g/mol. The molecule has 0 radical (unpaired) electrons. The van der Waals surface area contributed by atoms with Crippen molar-refractivity contribution >= 4 is 28.0 Å². The molecule has 0 atom stereocenters. The number of rotatable bonds is 7. The first-order valence-corrected chi connectivity index (χ1v) is 9.52. The molecule has 0 aliphatic carbocycles. The van der Waals surface area contributed by atoms with Gasteiger partial charge in [0.25, 0.3) is 0 Å². The Morgan fingerprint density at radius 1 is 1.25 bits per heavy atom. The minimum atomic E-state index is -3.90. The SMILES string of the molecule is CCOC(=O)C1=C(COC(=O)c2cc(S(=O)(=O)NC)ccc2F)NC(=O)NC1. The standard InChI is InChI=1S/C16H18FN3O7S/c1-3-26-15(22)11-7-19-16(23)20-13(11)8-27-14(21)10-6-9(4-5-12(10)17)28(24,25)18-2/h4-6,18H,3,7-8H2,1-2H3,(H2,19,20,23). The van der Waals surface area contributed by atoms with Gasteiger partial charge < -0.3 is 20.1 Å². The highest BCUT2D eigenvalue weighted by molar-refractivity contribution is 7.89. The maximum atomic E-state index is 14.0. The smallest absolute Gasteiger partial charge is 0.341 e. The fourth-order valence-corrected chi connectivity index (χ4v) is 2.99. The van der Waals surface area contributed by atoms with Gasteiger partial charge in [-0.2, -0.15) is 0 Å². The van der Waals surface area contributed by atoms with Crippen molar-refractivity contribution in [1.82, 2.24) is 15.4 Å². The highest BCUT2D eigenvalue weighted by Gasteiger charge is 2.25. The second-order valence-corrected chi connectivity index (χ2v) is 7.30. The molecule has 0 fully saturated rings. The number of esters is 2. The lowest BCUT2D eigenvalue weighted by molar-refractivity contribution is -0.138. The second kappa shape index (κ2) is 8.80. The molecule has 1 aliphatic heterocycles. The quantitative estimate of drug-likeness (QED) is 0.533. The van der Waals surface area contributed by atoms with E-state index in [0.29, 0.717) is 0 Å². The van der Waals surface area contributed by atoms with Crippen LogP contribution in [0.2, 0.25) is 0 Å². The molecule has 2 amide bonds. The molecule has 0 saturated carbocycles. The Bertz CT molecular complexity index is 944. The predicted molar refractivity (Wildman–Crippen MR) is 93.1 cm³/mol. The number of hydrogen-bond acceptors (Lipinski definition) is 7. The molecule has 1 heterocycles. The van der Waals surface area contributed by atoms with E-state index in [0.717, 1.165) is 18.2 Å². The summed E-state index contributed by atoms with van der Waals surface area (Å²) in [6.45, 7) is 1.01. The number of hydrogen-bond donors (Lipinski definition) is 3. The maximum Gasteiger partial charge on any atom is 0.341 e. The number of nitrogens with one attached hydrogen (secondary N) is 3. The summed E-state index contributed by atoms with van der Waals surface area (Å²) in [5.74, 6) is -2.88. The summed E-state index contributed by atoms with van der Waals surface area (Å²) in [5, 5.41) is 4.70. The first-order valence-electron chi connectivity index (χ1n) is 8.03. The highest BCUT2D eigenvalue weighted by Crippen LogP contribution is 2.17. The van der Waals surface area contributed by atoms with E-state index < -0.39 is 46.0 Å². The maximum absolute atomic E-state index is 14.0. The summed E-state index contributed by atoms with van der Waals surface area (Å²) in [7, 11) is -2.73. The van der Waals surface area contributed by atoms with Gasteiger partial charge in [0.05, 0.1) is 34.9 Å². The van der Waals surface area contributed by atoms with Crippen LogP contribution in [0.25, 0.3) is 0 Å². The van der Waals surface area contributed by atoms with E-state index in [-0.39, 0.29) is 29.3 Å². The Morgan fingerprint density at radius 3 is 2.61 bits per heavy atom. The van der Waals surface area contributed by atoms with E-state index in [1.165, 1.54) is 7.05 Å². The van der Waals surface area contributed by atoms with Gasteiger partial charge in [0.1, 0.15) is 12.4 Å². The number of ether oxygens (including phenoxy) is 2. The molecule has 0 unspecified atom stereocenters. The van der Waals surface area contributed by atoms with Gasteiger partial charge >= 0.3 is 18.0 Å². The van der Waals surface area contributed by atoms with Crippen LogP contribution in [0.15, 0.2) is 34.4 Å². The van der Waals surface area contributed by atoms with E-state index in [1.807, 2.05) is 4.72 Å². The van der Waals surface area contributed by atoms with Crippen molar-refractivity contribution in [3.63, 3.8) is 0 Å². The Balaban J connectivity index is 2.23. The highest BCUT2D eigenvalue weighted by atomic mass is 32.2. The zero-order valence-electron chi connectivity index (χ0n) is 15.0. The topological polar surface area (TPSA) is 140 Å². The van der Waals surface area contributed by atoms with E-state index in [9.17, 15) is 27.2 Å². The number of urea groups is 1. The van der Waals surface area contributed by atoms with Crippen LogP contribution in [0.4, 0.5) is 9.18 Å². The molecule has 152 valence electrons. The van der Waals surface area contributed by atoms with E-state index >= 15 is 0 Å². The number of sulfonamides is 1. The Kier molecular flexibility index (Phi) is 6.70. The fourth-order valence-electron chi connectivity index (χ4n) is 2.23. The zero-order valence-corrected chi connectivity index (χ0v) is 15.8. The van der Waals surface area contributed by atoms with Gasteiger partial charge in [0.2, 0.25) is 10.0 Å². The molecule has 1 aliphatic rings. The Labute approximate surface area is 160 Å². The van der Waals surface area contributed by atoms with Crippen LogP contribution in [0.1, 0.15) is 17.3 Å². The molecular formula is C16H18FN3O7S. The van der Waals surface area contributed by atoms with Crippen LogP contribution in [-0.2, 0) is 24.3 Å². The van der Waals surface area contributed by atoms with Crippen molar-refractivity contribution in [2.45, 2.75) is 11.8 Å². The van der Waals surface area contributed by atoms with Crippen molar-refractivity contribution in [3.8, 4) is 0 Å². The molecule has 28 heavy (non-hydrogen) atoms. The van der Waals surface area contributed by atoms with Crippen molar-refractivity contribution < 1.29 is 36.7 Å². The number of carbonyl (C=O) groups excluding carboxylic acids is 3. The molecule has 0 aromatic heterocycles. The molecular weight excluding hydrogens is 397 g/mol. The number of amides is 2. The first kappa shape index (κ1) is 21.3. The van der Waals surface area contributed by atoms with Crippen LogP contribution >= 0.6 is 0 Å². The summed E-state index contributed by atoms with van der Waals surface area (Å²) < 4.78 is 49.4. The Hall–Kier alpha value is -2.99. The predicted octanol–water partition coefficient (Wildman–Crippen LogP) is 0.0206. The lowest BCUT2D eigenvalue weighted by atomic mass is 10.1. The lowest BCUT2D eigenvalue weighted by Crippen LogP contribution is -2.45. The number of halogens is 1. The van der Waals surface area contributed by atoms with Crippen LogP contribution in [0, 0.1) is 5.82 Å². The number of carbonyl (C=O) groups is 3. The van der Waals surface area contributed by atoms with Crippen molar-refractivity contribution in [2.24, 2.45) is 0 Å². The third kappa shape index (κ3) is 4.84. The second-order valence-electron chi connectivity index (χ2n) is 5.41. The largest absolute Gasteiger partial charge is 0.463 e. The lowest BCUT2D eigenvalue weighted by Gasteiger charge is -2.21. The summed E-state index contributed by atoms with van der Waals surface area (Å²) in [4.78, 5) is 35.3. The first-order chi connectivity index (χ1) is 13.2. The third-order valence-corrected chi connectivity index (χ3v) is 5.07. The number of benzene rings is 1. The molecule has 12 heteroatoms. The average Bonchev–Trinajstić information content (AvgIpc) is 2.66. The molecule has 0 bridgehead atoms. The average molecular weight is 415 g/mol. The van der Waals surface area contributed by atoms with Crippen molar-refractivity contribution in [2.75, 3.05) is 26.8 Å². The summed E-state index contributed by atoms with van der Waals surface area (Å²) in [5.41, 5.74) is -0.592. The van der Waals surface area contributed by atoms with Crippen LogP contribution < -0.4 is 15.4 Å². The van der Waals surface area contributed by atoms with Gasteiger partial charge in [-0.15, -0.1) is 0 Å². The van der Waals surface area contributed by atoms with Gasteiger partial charge in [-0.3, -0.25) is 0 Å². The van der Waals surface area contributed by atoms with E-state index in [1.54, 1.807) is 6.92 Å². The van der Waals surface area contributed by atoms with Crippen molar-refractivity contribution in [3.05, 3.63) is 40.8 Å². The third-order valence-electron chi connectivity index (χ3n) is 3.66. The fraction of sp³-hybridized carbons (Fsp3) is 0.312. The normalized spacial score (nSPS) is 14.2. The molecule has 0 spiro atoms. The molecule has 1 aromatic carbocycles. The zero-order chi connectivity index (χ0) is 20.9. The molecule has 10 nitrogen and oxygen atoms in total. The van der Waals surface area contributed by atoms with E-state index in [2.05, 4.69) is 10.6 Å². The molecule has 3 N–H and O–H groups in total. The van der Waals surface area contributed by atoms with E-state index in [4.69, 9.17) is 9.47 Å². The minimum Gasteiger partial charge on any atom is -0.463 e. The van der Waals surface area contributed by atoms with Gasteiger partial charge in [0.15, 0.2) is 0 Å². The molecule has 2 rings (SSSR count). The molecule has 1 aromatic rings. The summed E-state index contributed by atoms with van der Waals surface area (Å²) >= 11 is 0. The van der Waals surface area contributed by atoms with Gasteiger partial charge in [-0.25, -0.2) is 31.9 Å². The van der Waals surface area contributed by atoms with Crippen LogP contribution in [-0.4, -0.2) is 53.2 Å². The van der Waals surface area contributed by atoms with Gasteiger partial charge in [-0.1, -0.05) is 0 Å². The van der Waals surface area contributed by atoms with Gasteiger partial charge in [-0.05, 0) is 32.2 Å². The van der Waals surface area contributed by atoms with Crippen LogP contribution in [0.3, 0.4) is 0 Å². The minimum absolute atomic E-state index is 0.0186. The summed E-state index contributed by atoms with van der Waals surface area (Å²) in [6, 6.07) is 2.01. The van der Waals surface area contributed by atoms with Crippen LogP contribution in [0.5, 0.6) is 0 Å². The Morgan fingerprint density at radius 2 is 1.96 bits per heavy atom. The summed E-state index contributed by atoms with van der Waals surface area (Å²) in [6.07, 6.45) is 0.